The molecule has 0 radical (unpaired) electrons. The summed E-state index contributed by atoms with van der Waals surface area (Å²) < 4.78 is 6.63. The molecule has 1 saturated heterocycles. The molecule has 0 bridgehead atoms. The first-order valence-corrected chi connectivity index (χ1v) is 6.34. The minimum atomic E-state index is -1.88. The van der Waals surface area contributed by atoms with E-state index in [2.05, 4.69) is 15.1 Å². The molecule has 114 valence electrons. The molecule has 1 aliphatic heterocycles. The first-order chi connectivity index (χ1) is 9.88. The molecule has 0 saturated carbocycles. The van der Waals surface area contributed by atoms with Gasteiger partial charge in [-0.3, -0.25) is 0 Å². The smallest absolute Gasteiger partial charge is 0.240 e. The van der Waals surface area contributed by atoms with Gasteiger partial charge in [-0.05, 0) is 0 Å². The zero-order valence-corrected chi connectivity index (χ0v) is 11.2. The van der Waals surface area contributed by atoms with Gasteiger partial charge >= 0.3 is 0 Å². The highest BCUT2D eigenvalue weighted by Gasteiger charge is 2.54. The van der Waals surface area contributed by atoms with Crippen LogP contribution in [0.2, 0.25) is 0 Å². The monoisotopic (exact) mass is 296 g/mol. The predicted octanol–water partition coefficient (Wildman–Crippen LogP) is -2.18. The molecule has 7 N–H and O–H groups in total. The van der Waals surface area contributed by atoms with Crippen molar-refractivity contribution in [3.63, 3.8) is 0 Å². The molecule has 0 aromatic carbocycles. The second-order valence-corrected chi connectivity index (χ2v) is 5.05. The Bertz CT molecular complexity index is 691. The van der Waals surface area contributed by atoms with Crippen molar-refractivity contribution in [3.05, 3.63) is 11.9 Å². The molecule has 10 nitrogen and oxygen atoms in total. The van der Waals surface area contributed by atoms with Crippen LogP contribution in [0.3, 0.4) is 0 Å². The van der Waals surface area contributed by atoms with Gasteiger partial charge in [0.1, 0.15) is 11.8 Å². The zero-order chi connectivity index (χ0) is 15.4. The molecule has 0 amide bonds. The number of hydrogen-bond acceptors (Lipinski definition) is 9. The van der Waals surface area contributed by atoms with Crippen LogP contribution in [0.25, 0.3) is 5.65 Å². The number of fused-ring (bicyclic) bond motifs is 1. The van der Waals surface area contributed by atoms with E-state index in [-0.39, 0.29) is 23.1 Å². The lowest BCUT2D eigenvalue weighted by atomic mass is 9.93. The highest BCUT2D eigenvalue weighted by Crippen LogP contribution is 2.42. The Balaban J connectivity index is 2.16. The molecule has 2 aromatic rings. The van der Waals surface area contributed by atoms with Crippen molar-refractivity contribution in [3.8, 4) is 0 Å². The van der Waals surface area contributed by atoms with E-state index in [1.165, 1.54) is 10.7 Å². The largest absolute Gasteiger partial charge is 0.394 e. The van der Waals surface area contributed by atoms with E-state index in [4.69, 9.17) is 16.2 Å². The Hall–Kier alpha value is -2.01. The number of aliphatic hydroxyl groups is 3. The third kappa shape index (κ3) is 1.84. The number of nitrogen functional groups attached to an aromatic ring is 2. The first kappa shape index (κ1) is 13.9. The Kier molecular flexibility index (Phi) is 2.99. The molecule has 3 heterocycles. The summed E-state index contributed by atoms with van der Waals surface area (Å²) in [5, 5.41) is 33.9. The number of rotatable bonds is 2. The molecular formula is C11H16N6O4. The molecule has 0 spiro atoms. The Morgan fingerprint density at radius 1 is 1.48 bits per heavy atom. The fraction of sp³-hybridized carbons (Fsp3) is 0.545. The third-order valence-corrected chi connectivity index (χ3v) is 3.79. The summed E-state index contributed by atoms with van der Waals surface area (Å²) >= 11 is 0. The van der Waals surface area contributed by atoms with Crippen LogP contribution in [0.15, 0.2) is 6.20 Å². The maximum absolute atomic E-state index is 10.8. The number of aromatic nitrogens is 4. The number of nitrogens with two attached hydrogens (primary N) is 2. The summed E-state index contributed by atoms with van der Waals surface area (Å²) in [6, 6.07) is 0. The topological polar surface area (TPSA) is 165 Å². The van der Waals surface area contributed by atoms with Gasteiger partial charge in [-0.2, -0.15) is 4.98 Å². The molecule has 21 heavy (non-hydrogen) atoms. The molecule has 1 aliphatic rings. The van der Waals surface area contributed by atoms with Crippen LogP contribution in [0.1, 0.15) is 12.6 Å². The van der Waals surface area contributed by atoms with Crippen molar-refractivity contribution in [2.45, 2.75) is 24.9 Å². The standard InChI is InChI=1S/C11H16N6O4/c1-4-7(19)5(3-18)21-11(4,20)6-2-14-9-8(12)15-10(13)16-17(6)9/h2,4-5,7,18-20H,3H2,1H3,(H4,12,13,15,16). The van der Waals surface area contributed by atoms with Crippen LogP contribution in [0, 0.1) is 5.92 Å². The Morgan fingerprint density at radius 2 is 2.19 bits per heavy atom. The summed E-state index contributed by atoms with van der Waals surface area (Å²) in [4.78, 5) is 7.81. The highest BCUT2D eigenvalue weighted by molar-refractivity contribution is 5.60. The summed E-state index contributed by atoms with van der Waals surface area (Å²) in [6.07, 6.45) is -0.628. The number of anilines is 2. The minimum Gasteiger partial charge on any atom is -0.394 e. The van der Waals surface area contributed by atoms with Crippen LogP contribution in [-0.4, -0.2) is 53.7 Å². The molecule has 0 aliphatic carbocycles. The van der Waals surface area contributed by atoms with Crippen LogP contribution < -0.4 is 11.5 Å². The fourth-order valence-corrected chi connectivity index (χ4v) is 2.56. The normalized spacial score (nSPS) is 32.9. The highest BCUT2D eigenvalue weighted by atomic mass is 16.7. The van der Waals surface area contributed by atoms with Crippen molar-refractivity contribution in [2.75, 3.05) is 18.1 Å². The number of nitrogens with zero attached hydrogens (tertiary/aromatic N) is 4. The lowest BCUT2D eigenvalue weighted by Crippen LogP contribution is -2.35. The van der Waals surface area contributed by atoms with Gasteiger partial charge in [-0.1, -0.05) is 6.92 Å². The quantitative estimate of drug-likeness (QED) is 0.414. The SMILES string of the molecule is CC1C(O)C(CO)OC1(O)c1cnc2c(N)nc(N)nn12. The van der Waals surface area contributed by atoms with E-state index < -0.39 is 30.5 Å². The number of aliphatic hydroxyl groups excluding tert-OH is 2. The first-order valence-electron chi connectivity index (χ1n) is 6.34. The Labute approximate surface area is 119 Å². The molecule has 2 aromatic heterocycles. The second-order valence-electron chi connectivity index (χ2n) is 5.05. The summed E-state index contributed by atoms with van der Waals surface area (Å²) in [5.74, 6) is -2.62. The number of imidazole rings is 1. The van der Waals surface area contributed by atoms with Gasteiger partial charge in [0.25, 0.3) is 0 Å². The van der Waals surface area contributed by atoms with Gasteiger partial charge in [-0.25, -0.2) is 9.50 Å². The van der Waals surface area contributed by atoms with Crippen molar-refractivity contribution in [1.29, 1.82) is 0 Å². The van der Waals surface area contributed by atoms with Crippen molar-refractivity contribution < 1.29 is 20.1 Å². The predicted molar refractivity (Wildman–Crippen MR) is 70.6 cm³/mol. The molecule has 10 heteroatoms. The molecule has 3 rings (SSSR count). The molecule has 4 atom stereocenters. The van der Waals surface area contributed by atoms with E-state index in [0.717, 1.165) is 0 Å². The number of hydrogen-bond donors (Lipinski definition) is 5. The van der Waals surface area contributed by atoms with Crippen molar-refractivity contribution in [2.24, 2.45) is 5.92 Å². The second kappa shape index (κ2) is 4.49. The lowest BCUT2D eigenvalue weighted by molar-refractivity contribution is -0.226. The molecular weight excluding hydrogens is 280 g/mol. The van der Waals surface area contributed by atoms with Gasteiger partial charge in [0, 0.05) is 5.92 Å². The summed E-state index contributed by atoms with van der Waals surface area (Å²) in [6.45, 7) is 1.16. The fourth-order valence-electron chi connectivity index (χ4n) is 2.56. The van der Waals surface area contributed by atoms with Crippen molar-refractivity contribution in [1.82, 2.24) is 19.6 Å². The number of ether oxygens (including phenoxy) is 1. The maximum atomic E-state index is 10.8. The van der Waals surface area contributed by atoms with E-state index in [1.54, 1.807) is 6.92 Å². The lowest BCUT2D eigenvalue weighted by Gasteiger charge is -2.26. The van der Waals surface area contributed by atoms with Crippen molar-refractivity contribution >= 4 is 17.4 Å². The summed E-state index contributed by atoms with van der Waals surface area (Å²) in [7, 11) is 0. The molecule has 1 fully saturated rings. The third-order valence-electron chi connectivity index (χ3n) is 3.79. The maximum Gasteiger partial charge on any atom is 0.240 e. The van der Waals surface area contributed by atoms with E-state index in [0.29, 0.717) is 0 Å². The van der Waals surface area contributed by atoms with Crippen LogP contribution in [0.5, 0.6) is 0 Å². The zero-order valence-electron chi connectivity index (χ0n) is 11.2. The average molecular weight is 296 g/mol. The van der Waals surface area contributed by atoms with Crippen LogP contribution >= 0.6 is 0 Å². The average Bonchev–Trinajstić information content (AvgIpc) is 2.95. The van der Waals surface area contributed by atoms with Crippen LogP contribution in [-0.2, 0) is 10.5 Å². The van der Waals surface area contributed by atoms with Crippen LogP contribution in [0.4, 0.5) is 11.8 Å². The van der Waals surface area contributed by atoms with Gasteiger partial charge in [0.2, 0.25) is 11.7 Å². The summed E-state index contributed by atoms with van der Waals surface area (Å²) in [5.41, 5.74) is 11.6. The van der Waals surface area contributed by atoms with Gasteiger partial charge < -0.3 is 31.5 Å². The van der Waals surface area contributed by atoms with Gasteiger partial charge in [-0.15, -0.1) is 5.10 Å². The Morgan fingerprint density at radius 3 is 2.81 bits per heavy atom. The van der Waals surface area contributed by atoms with E-state index in [9.17, 15) is 15.3 Å². The van der Waals surface area contributed by atoms with Gasteiger partial charge in [0.05, 0.1) is 18.9 Å². The van der Waals surface area contributed by atoms with Gasteiger partial charge in [0.15, 0.2) is 11.5 Å². The molecule has 4 unspecified atom stereocenters. The minimum absolute atomic E-state index is 0.0576. The van der Waals surface area contributed by atoms with E-state index in [1.807, 2.05) is 0 Å². The van der Waals surface area contributed by atoms with E-state index >= 15 is 0 Å².